The van der Waals surface area contributed by atoms with Crippen LogP contribution >= 0.6 is 0 Å². The van der Waals surface area contributed by atoms with Gasteiger partial charge in [-0.25, -0.2) is 9.97 Å². The molecule has 0 N–H and O–H groups in total. The van der Waals surface area contributed by atoms with Crippen molar-refractivity contribution < 1.29 is 8.83 Å². The summed E-state index contributed by atoms with van der Waals surface area (Å²) in [4.78, 5) is 18.1. The molecule has 0 unspecified atom stereocenters. The van der Waals surface area contributed by atoms with Crippen molar-refractivity contribution in [3.8, 4) is 45.4 Å². The Bertz CT molecular complexity index is 1610. The van der Waals surface area contributed by atoms with Crippen LogP contribution in [0, 0.1) is 0 Å². The van der Waals surface area contributed by atoms with E-state index in [1.54, 1.807) is 24.9 Å². The topological polar surface area (TPSA) is 77.8 Å². The first-order valence-corrected chi connectivity index (χ1v) is 11.5. The van der Waals surface area contributed by atoms with Gasteiger partial charge in [-0.2, -0.15) is 0 Å². The number of hydrogen-bond donors (Lipinski definition) is 0. The number of hydrogen-bond acceptors (Lipinski definition) is 6. The number of pyridine rings is 2. The van der Waals surface area contributed by atoms with Crippen LogP contribution in [0.1, 0.15) is 0 Å². The smallest absolute Gasteiger partial charge is 0.227 e. The van der Waals surface area contributed by atoms with E-state index >= 15 is 0 Å². The Morgan fingerprint density at radius 2 is 0.861 bits per heavy atom. The molecular formula is C30H18N4O2. The zero-order valence-electron chi connectivity index (χ0n) is 19.0. The van der Waals surface area contributed by atoms with Gasteiger partial charge in [0.2, 0.25) is 11.8 Å². The molecule has 36 heavy (non-hydrogen) atoms. The van der Waals surface area contributed by atoms with E-state index in [1.807, 2.05) is 36.7 Å². The van der Waals surface area contributed by atoms with Crippen LogP contribution in [0.2, 0.25) is 0 Å². The summed E-state index contributed by atoms with van der Waals surface area (Å²) in [7, 11) is 0. The fourth-order valence-electron chi connectivity index (χ4n) is 4.75. The lowest BCUT2D eigenvalue weighted by Gasteiger charge is -2.16. The summed E-state index contributed by atoms with van der Waals surface area (Å²) in [6, 6.07) is 24.9. The molecule has 4 aromatic heterocycles. The van der Waals surface area contributed by atoms with E-state index in [4.69, 9.17) is 18.8 Å². The third-order valence-electron chi connectivity index (χ3n) is 6.33. The van der Waals surface area contributed by atoms with Crippen molar-refractivity contribution in [1.82, 2.24) is 19.9 Å². The molecule has 0 atom stereocenters. The molecule has 6 nitrogen and oxygen atoms in total. The minimum absolute atomic E-state index is 0.554. The van der Waals surface area contributed by atoms with Gasteiger partial charge >= 0.3 is 0 Å². The van der Waals surface area contributed by atoms with Gasteiger partial charge in [0.1, 0.15) is 12.5 Å². The molecule has 0 spiro atoms. The van der Waals surface area contributed by atoms with E-state index in [1.165, 1.54) is 0 Å². The van der Waals surface area contributed by atoms with Crippen molar-refractivity contribution in [1.29, 1.82) is 0 Å². The van der Waals surface area contributed by atoms with Crippen molar-refractivity contribution >= 4 is 21.5 Å². The molecule has 7 rings (SSSR count). The van der Waals surface area contributed by atoms with E-state index in [-0.39, 0.29) is 0 Å². The standard InChI is InChI=1S/C30H18N4O2/c1-2-6-22-21(5-1)27(25-11-9-19(17-33-25)29-31-13-15-35-29)23-7-3-4-8-24(23)28(22)26-12-10-20(18-34-26)30-32-14-16-36-30/h1-18H. The summed E-state index contributed by atoms with van der Waals surface area (Å²) < 4.78 is 10.9. The molecule has 0 aliphatic rings. The Kier molecular flexibility index (Phi) is 4.67. The molecule has 0 amide bonds. The zero-order valence-corrected chi connectivity index (χ0v) is 19.0. The highest BCUT2D eigenvalue weighted by Gasteiger charge is 2.18. The number of benzene rings is 3. The highest BCUT2D eigenvalue weighted by atomic mass is 16.3. The Hall–Kier alpha value is -5.10. The minimum Gasteiger partial charge on any atom is -0.444 e. The molecule has 0 saturated carbocycles. The van der Waals surface area contributed by atoms with Gasteiger partial charge in [-0.05, 0) is 45.8 Å². The quantitative estimate of drug-likeness (QED) is 0.251. The van der Waals surface area contributed by atoms with Crippen LogP contribution in [0.3, 0.4) is 0 Å². The summed E-state index contributed by atoms with van der Waals surface area (Å²) in [5, 5.41) is 4.45. The van der Waals surface area contributed by atoms with Crippen LogP contribution < -0.4 is 0 Å². The number of aromatic nitrogens is 4. The molecular weight excluding hydrogens is 448 g/mol. The maximum atomic E-state index is 5.43. The van der Waals surface area contributed by atoms with Crippen molar-refractivity contribution in [2.45, 2.75) is 0 Å². The van der Waals surface area contributed by atoms with E-state index in [9.17, 15) is 0 Å². The monoisotopic (exact) mass is 466 g/mol. The number of rotatable bonds is 4. The van der Waals surface area contributed by atoms with Crippen LogP contribution in [0.25, 0.3) is 67.0 Å². The van der Waals surface area contributed by atoms with Crippen LogP contribution in [-0.2, 0) is 0 Å². The van der Waals surface area contributed by atoms with Gasteiger partial charge in [-0.15, -0.1) is 0 Å². The van der Waals surface area contributed by atoms with E-state index in [0.717, 1.165) is 55.2 Å². The first kappa shape index (κ1) is 20.3. The fourth-order valence-corrected chi connectivity index (χ4v) is 4.75. The second kappa shape index (κ2) is 8.29. The number of nitrogens with zero attached hydrogens (tertiary/aromatic N) is 4. The first-order valence-electron chi connectivity index (χ1n) is 11.5. The van der Waals surface area contributed by atoms with E-state index in [2.05, 4.69) is 58.5 Å². The molecule has 0 radical (unpaired) electrons. The summed E-state index contributed by atoms with van der Waals surface area (Å²) in [5.74, 6) is 1.11. The SMILES string of the molecule is c1ccc2c(-c3ccc(-c4ncco4)cn3)c3ccccc3c(-c3ccc(-c4ncco4)cn3)c2c1. The predicted molar refractivity (Wildman–Crippen MR) is 139 cm³/mol. The van der Waals surface area contributed by atoms with Crippen LogP contribution in [0.5, 0.6) is 0 Å². The molecule has 4 heterocycles. The summed E-state index contributed by atoms with van der Waals surface area (Å²) in [6.07, 6.45) is 10.0. The highest BCUT2D eigenvalue weighted by molar-refractivity contribution is 6.20. The van der Waals surface area contributed by atoms with Gasteiger partial charge in [0.25, 0.3) is 0 Å². The zero-order chi connectivity index (χ0) is 23.9. The largest absolute Gasteiger partial charge is 0.444 e. The Balaban J connectivity index is 1.45. The normalized spacial score (nSPS) is 11.3. The molecule has 0 saturated heterocycles. The molecule has 7 aromatic rings. The lowest BCUT2D eigenvalue weighted by molar-refractivity contribution is 0.574. The number of oxazole rings is 2. The Labute approximate surface area is 205 Å². The molecule has 0 aliphatic heterocycles. The molecule has 0 aliphatic carbocycles. The lowest BCUT2D eigenvalue weighted by Crippen LogP contribution is -1.94. The number of fused-ring (bicyclic) bond motifs is 2. The first-order chi connectivity index (χ1) is 17.9. The lowest BCUT2D eigenvalue weighted by atomic mass is 9.88. The Morgan fingerprint density at radius 1 is 0.444 bits per heavy atom. The second-order valence-electron chi connectivity index (χ2n) is 8.38. The average Bonchev–Trinajstić information content (AvgIpc) is 3.67. The van der Waals surface area contributed by atoms with Crippen molar-refractivity contribution in [2.75, 3.05) is 0 Å². The maximum Gasteiger partial charge on any atom is 0.227 e. The summed E-state index contributed by atoms with van der Waals surface area (Å²) in [6.45, 7) is 0. The van der Waals surface area contributed by atoms with Crippen molar-refractivity contribution in [3.63, 3.8) is 0 Å². The van der Waals surface area contributed by atoms with Gasteiger partial charge in [-0.3, -0.25) is 9.97 Å². The summed E-state index contributed by atoms with van der Waals surface area (Å²) >= 11 is 0. The molecule has 3 aromatic carbocycles. The van der Waals surface area contributed by atoms with Crippen molar-refractivity contribution in [2.24, 2.45) is 0 Å². The molecule has 0 bridgehead atoms. The fraction of sp³-hybridized carbons (Fsp3) is 0. The highest BCUT2D eigenvalue weighted by Crippen LogP contribution is 2.42. The minimum atomic E-state index is 0.554. The predicted octanol–water partition coefficient (Wildman–Crippen LogP) is 7.43. The van der Waals surface area contributed by atoms with E-state index < -0.39 is 0 Å². The third kappa shape index (κ3) is 3.27. The average molecular weight is 467 g/mol. The van der Waals surface area contributed by atoms with E-state index in [0.29, 0.717) is 11.8 Å². The van der Waals surface area contributed by atoms with Crippen molar-refractivity contribution in [3.05, 3.63) is 110 Å². The maximum absolute atomic E-state index is 5.43. The Morgan fingerprint density at radius 3 is 1.17 bits per heavy atom. The van der Waals surface area contributed by atoms with Gasteiger partial charge < -0.3 is 8.83 Å². The molecule has 170 valence electrons. The summed E-state index contributed by atoms with van der Waals surface area (Å²) in [5.41, 5.74) is 5.61. The van der Waals surface area contributed by atoms with Gasteiger partial charge in [0.15, 0.2) is 0 Å². The van der Waals surface area contributed by atoms with Crippen LogP contribution in [0.15, 0.2) is 119 Å². The third-order valence-corrected chi connectivity index (χ3v) is 6.33. The molecule has 6 heteroatoms. The van der Waals surface area contributed by atoms with Gasteiger partial charge in [0.05, 0.1) is 34.9 Å². The van der Waals surface area contributed by atoms with Crippen LogP contribution in [-0.4, -0.2) is 19.9 Å². The second-order valence-corrected chi connectivity index (χ2v) is 8.38. The van der Waals surface area contributed by atoms with Crippen LogP contribution in [0.4, 0.5) is 0 Å². The van der Waals surface area contributed by atoms with Gasteiger partial charge in [0, 0.05) is 23.5 Å². The molecule has 0 fully saturated rings. The van der Waals surface area contributed by atoms with Gasteiger partial charge in [-0.1, -0.05) is 48.5 Å².